The maximum absolute atomic E-state index is 12.2. The van der Waals surface area contributed by atoms with E-state index >= 15 is 0 Å². The van der Waals surface area contributed by atoms with E-state index < -0.39 is 6.09 Å². The van der Waals surface area contributed by atoms with Crippen LogP contribution in [0.25, 0.3) is 0 Å². The van der Waals surface area contributed by atoms with Gasteiger partial charge in [0.2, 0.25) is 0 Å². The number of methoxy groups -OCH3 is 1. The molecule has 0 aromatic heterocycles. The number of rotatable bonds is 9. The molecule has 0 bridgehead atoms. The molecule has 0 spiro atoms. The quantitative estimate of drug-likeness (QED) is 0.623. The SMILES string of the molecule is CCN(CC)C(CNC(=O)Nc1cccc(NC(=O)OC)c1)CC(C)C. The number of amides is 3. The number of ether oxygens (including phenoxy) is 1. The Labute approximate surface area is 156 Å². The van der Waals surface area contributed by atoms with E-state index in [1.54, 1.807) is 24.3 Å². The van der Waals surface area contributed by atoms with Crippen LogP contribution < -0.4 is 16.0 Å². The largest absolute Gasteiger partial charge is 0.453 e. The Morgan fingerprint density at radius 2 is 1.73 bits per heavy atom. The molecule has 1 unspecified atom stereocenters. The molecule has 0 heterocycles. The highest BCUT2D eigenvalue weighted by Gasteiger charge is 2.18. The van der Waals surface area contributed by atoms with Gasteiger partial charge in [0.25, 0.3) is 0 Å². The van der Waals surface area contributed by atoms with Crippen molar-refractivity contribution in [2.45, 2.75) is 40.2 Å². The van der Waals surface area contributed by atoms with Crippen molar-refractivity contribution in [1.29, 1.82) is 0 Å². The Morgan fingerprint density at radius 3 is 2.27 bits per heavy atom. The third kappa shape index (κ3) is 7.74. The zero-order valence-corrected chi connectivity index (χ0v) is 16.5. The Hall–Kier alpha value is -2.28. The predicted octanol–water partition coefficient (Wildman–Crippen LogP) is 3.74. The van der Waals surface area contributed by atoms with Crippen molar-refractivity contribution in [3.05, 3.63) is 24.3 Å². The van der Waals surface area contributed by atoms with Crippen LogP contribution in [0.5, 0.6) is 0 Å². The second kappa shape index (κ2) is 11.4. The lowest BCUT2D eigenvalue weighted by molar-refractivity contribution is 0.186. The van der Waals surface area contributed by atoms with Gasteiger partial charge in [-0.25, -0.2) is 9.59 Å². The first kappa shape index (κ1) is 21.8. The third-order valence-electron chi connectivity index (χ3n) is 4.12. The van der Waals surface area contributed by atoms with E-state index in [2.05, 4.69) is 53.3 Å². The van der Waals surface area contributed by atoms with E-state index in [-0.39, 0.29) is 6.03 Å². The van der Waals surface area contributed by atoms with Gasteiger partial charge >= 0.3 is 12.1 Å². The summed E-state index contributed by atoms with van der Waals surface area (Å²) in [5.74, 6) is 0.562. The number of hydrogen-bond acceptors (Lipinski definition) is 4. The standard InChI is InChI=1S/C19H32N4O3/c1-6-23(7-2)17(11-14(3)4)13-20-18(24)21-15-9-8-10-16(12-15)22-19(25)26-5/h8-10,12,14,17H,6-7,11,13H2,1-5H3,(H,22,25)(H2,20,21,24). The van der Waals surface area contributed by atoms with E-state index in [4.69, 9.17) is 0 Å². The summed E-state index contributed by atoms with van der Waals surface area (Å²) in [5, 5.41) is 8.32. The number of nitrogens with one attached hydrogen (secondary N) is 3. The number of urea groups is 1. The van der Waals surface area contributed by atoms with Gasteiger partial charge in [-0.05, 0) is 43.6 Å². The molecule has 3 N–H and O–H groups in total. The highest BCUT2D eigenvalue weighted by molar-refractivity contribution is 5.91. The number of benzene rings is 1. The van der Waals surface area contributed by atoms with Crippen LogP contribution in [0.3, 0.4) is 0 Å². The Kier molecular flexibility index (Phi) is 9.51. The molecule has 1 aromatic rings. The summed E-state index contributed by atoms with van der Waals surface area (Å²) in [6, 6.07) is 6.95. The maximum Gasteiger partial charge on any atom is 0.411 e. The molecule has 0 aliphatic heterocycles. The molecule has 1 aromatic carbocycles. The van der Waals surface area contributed by atoms with Crippen LogP contribution >= 0.6 is 0 Å². The van der Waals surface area contributed by atoms with Gasteiger partial charge in [-0.2, -0.15) is 0 Å². The van der Waals surface area contributed by atoms with Crippen molar-refractivity contribution >= 4 is 23.5 Å². The molecule has 0 saturated heterocycles. The molecule has 146 valence electrons. The van der Waals surface area contributed by atoms with E-state index in [1.807, 2.05) is 0 Å². The molecular weight excluding hydrogens is 332 g/mol. The number of anilines is 2. The normalized spacial score (nSPS) is 12.0. The van der Waals surface area contributed by atoms with Gasteiger partial charge in [-0.15, -0.1) is 0 Å². The average Bonchev–Trinajstić information content (AvgIpc) is 2.60. The summed E-state index contributed by atoms with van der Waals surface area (Å²) in [7, 11) is 1.30. The smallest absolute Gasteiger partial charge is 0.411 e. The fraction of sp³-hybridized carbons (Fsp3) is 0.579. The summed E-state index contributed by atoms with van der Waals surface area (Å²) >= 11 is 0. The van der Waals surface area contributed by atoms with Crippen molar-refractivity contribution in [2.24, 2.45) is 5.92 Å². The first-order valence-electron chi connectivity index (χ1n) is 9.13. The van der Waals surface area contributed by atoms with Crippen LogP contribution in [0.4, 0.5) is 21.0 Å². The van der Waals surface area contributed by atoms with Crippen LogP contribution in [0, 0.1) is 5.92 Å². The number of nitrogens with zero attached hydrogens (tertiary/aromatic N) is 1. The molecular formula is C19H32N4O3. The van der Waals surface area contributed by atoms with Crippen LogP contribution in [0.15, 0.2) is 24.3 Å². The van der Waals surface area contributed by atoms with Gasteiger partial charge in [-0.1, -0.05) is 33.8 Å². The van der Waals surface area contributed by atoms with Crippen LogP contribution in [-0.4, -0.2) is 49.8 Å². The van der Waals surface area contributed by atoms with Crippen molar-refractivity contribution in [1.82, 2.24) is 10.2 Å². The lowest BCUT2D eigenvalue weighted by Gasteiger charge is -2.31. The average molecular weight is 364 g/mol. The monoisotopic (exact) mass is 364 g/mol. The minimum absolute atomic E-state index is 0.263. The molecule has 7 nitrogen and oxygen atoms in total. The Balaban J connectivity index is 2.61. The number of carbonyl (C=O) groups is 2. The van der Waals surface area contributed by atoms with E-state index in [1.165, 1.54) is 7.11 Å². The zero-order chi connectivity index (χ0) is 19.5. The van der Waals surface area contributed by atoms with Crippen LogP contribution in [0.1, 0.15) is 34.1 Å². The molecule has 0 fully saturated rings. The fourth-order valence-corrected chi connectivity index (χ4v) is 2.88. The fourth-order valence-electron chi connectivity index (χ4n) is 2.88. The van der Waals surface area contributed by atoms with Gasteiger partial charge in [0, 0.05) is 24.0 Å². The summed E-state index contributed by atoms with van der Waals surface area (Å²) in [6.07, 6.45) is 0.475. The lowest BCUT2D eigenvalue weighted by atomic mass is 10.0. The van der Waals surface area contributed by atoms with Gasteiger partial charge in [0.15, 0.2) is 0 Å². The molecule has 0 aliphatic carbocycles. The van der Waals surface area contributed by atoms with Crippen molar-refractivity contribution in [3.8, 4) is 0 Å². The minimum Gasteiger partial charge on any atom is -0.453 e. The lowest BCUT2D eigenvalue weighted by Crippen LogP contribution is -2.45. The number of hydrogen-bond donors (Lipinski definition) is 3. The van der Waals surface area contributed by atoms with Gasteiger partial charge < -0.3 is 15.4 Å². The summed E-state index contributed by atoms with van der Waals surface area (Å²) < 4.78 is 4.56. The Morgan fingerprint density at radius 1 is 1.12 bits per heavy atom. The molecule has 7 heteroatoms. The van der Waals surface area contributed by atoms with Crippen molar-refractivity contribution in [2.75, 3.05) is 37.4 Å². The van der Waals surface area contributed by atoms with Gasteiger partial charge in [-0.3, -0.25) is 10.2 Å². The van der Waals surface area contributed by atoms with E-state index in [0.29, 0.717) is 29.9 Å². The van der Waals surface area contributed by atoms with Gasteiger partial charge in [0.05, 0.1) is 7.11 Å². The molecule has 0 radical (unpaired) electrons. The highest BCUT2D eigenvalue weighted by atomic mass is 16.5. The molecule has 1 atom stereocenters. The molecule has 26 heavy (non-hydrogen) atoms. The molecule has 0 aliphatic rings. The summed E-state index contributed by atoms with van der Waals surface area (Å²) in [5.41, 5.74) is 1.15. The van der Waals surface area contributed by atoms with Crippen molar-refractivity contribution in [3.63, 3.8) is 0 Å². The highest BCUT2D eigenvalue weighted by Crippen LogP contribution is 2.15. The third-order valence-corrected chi connectivity index (χ3v) is 4.12. The molecule has 3 amide bonds. The minimum atomic E-state index is -0.553. The second-order valence-electron chi connectivity index (χ2n) is 6.54. The summed E-state index contributed by atoms with van der Waals surface area (Å²) in [6.45, 7) is 11.2. The molecule has 0 saturated carbocycles. The first-order chi connectivity index (χ1) is 12.4. The van der Waals surface area contributed by atoms with Crippen LogP contribution in [0.2, 0.25) is 0 Å². The topological polar surface area (TPSA) is 82.7 Å². The second-order valence-corrected chi connectivity index (χ2v) is 6.54. The predicted molar refractivity (Wildman–Crippen MR) is 106 cm³/mol. The molecule has 1 rings (SSSR count). The zero-order valence-electron chi connectivity index (χ0n) is 16.5. The van der Waals surface area contributed by atoms with Crippen LogP contribution in [-0.2, 0) is 4.74 Å². The first-order valence-corrected chi connectivity index (χ1v) is 9.13. The van der Waals surface area contributed by atoms with Crippen molar-refractivity contribution < 1.29 is 14.3 Å². The Bertz CT molecular complexity index is 574. The maximum atomic E-state index is 12.2. The number of likely N-dealkylation sites (N-methyl/N-ethyl adjacent to an activating group) is 1. The number of carbonyl (C=O) groups excluding carboxylic acids is 2. The van der Waals surface area contributed by atoms with Gasteiger partial charge in [0.1, 0.15) is 0 Å². The van der Waals surface area contributed by atoms with E-state index in [0.717, 1.165) is 19.5 Å². The van der Waals surface area contributed by atoms with E-state index in [9.17, 15) is 9.59 Å². The summed E-state index contributed by atoms with van der Waals surface area (Å²) in [4.78, 5) is 25.9.